The Kier molecular flexibility index (Phi) is 8.83. The van der Waals surface area contributed by atoms with Gasteiger partial charge in [0.15, 0.2) is 5.78 Å². The van der Waals surface area contributed by atoms with Gasteiger partial charge in [0.2, 0.25) is 0 Å². The molecule has 24 heavy (non-hydrogen) atoms. The summed E-state index contributed by atoms with van der Waals surface area (Å²) in [7, 11) is 0. The Morgan fingerprint density at radius 2 is 1.42 bits per heavy atom. The maximum absolute atomic E-state index is 12.3. The zero-order chi connectivity index (χ0) is 17.0. The molecule has 0 unspecified atom stereocenters. The van der Waals surface area contributed by atoms with Crippen molar-refractivity contribution in [3.8, 4) is 11.1 Å². The van der Waals surface area contributed by atoms with Crippen molar-refractivity contribution < 1.29 is 4.79 Å². The molecule has 1 aromatic heterocycles. The molecule has 2 rings (SSSR count). The molecule has 0 aliphatic carbocycles. The van der Waals surface area contributed by atoms with E-state index in [1.165, 1.54) is 62.5 Å². The molecule has 0 radical (unpaired) electrons. The third-order valence-corrected chi connectivity index (χ3v) is 5.25. The van der Waals surface area contributed by atoms with Crippen LogP contribution in [0, 0.1) is 0 Å². The Bertz CT molecular complexity index is 569. The molecule has 1 nitrogen and oxygen atoms in total. The van der Waals surface area contributed by atoms with E-state index in [0.29, 0.717) is 6.42 Å². The monoisotopic (exact) mass is 342 g/mol. The highest BCUT2D eigenvalue weighted by Crippen LogP contribution is 2.23. The number of rotatable bonds is 12. The molecular formula is C22H30OS. The minimum atomic E-state index is 0.287. The van der Waals surface area contributed by atoms with Gasteiger partial charge in [0.25, 0.3) is 0 Å². The van der Waals surface area contributed by atoms with Crippen LogP contribution in [-0.4, -0.2) is 5.78 Å². The molecule has 0 saturated carbocycles. The van der Waals surface area contributed by atoms with Gasteiger partial charge >= 0.3 is 0 Å². The molecule has 0 atom stereocenters. The molecule has 130 valence electrons. The Morgan fingerprint density at radius 1 is 0.792 bits per heavy atom. The summed E-state index contributed by atoms with van der Waals surface area (Å²) in [5, 5.41) is 4.22. The van der Waals surface area contributed by atoms with E-state index in [2.05, 4.69) is 35.9 Å². The van der Waals surface area contributed by atoms with Crippen LogP contribution in [0.1, 0.15) is 81.5 Å². The van der Waals surface area contributed by atoms with Crippen LogP contribution in [0.5, 0.6) is 0 Å². The molecule has 0 bridgehead atoms. The lowest BCUT2D eigenvalue weighted by Gasteiger charge is -2.04. The fourth-order valence-corrected chi connectivity index (χ4v) is 3.68. The number of hydrogen-bond acceptors (Lipinski definition) is 2. The Labute approximate surface area is 151 Å². The standard InChI is InChI=1S/C22H30OS/c1-2-3-4-5-6-7-8-9-10-11-22(23)20-14-12-19(13-15-20)21-16-17-24-18-21/h12-18H,2-11H2,1H3. The van der Waals surface area contributed by atoms with Gasteiger partial charge in [0, 0.05) is 12.0 Å². The van der Waals surface area contributed by atoms with E-state index in [4.69, 9.17) is 0 Å². The Morgan fingerprint density at radius 3 is 2.00 bits per heavy atom. The second-order valence-electron chi connectivity index (χ2n) is 6.59. The number of benzene rings is 1. The average molecular weight is 343 g/mol. The van der Waals surface area contributed by atoms with Crippen molar-refractivity contribution in [3.63, 3.8) is 0 Å². The van der Waals surface area contributed by atoms with Gasteiger partial charge in [0.05, 0.1) is 0 Å². The van der Waals surface area contributed by atoms with Gasteiger partial charge in [-0.3, -0.25) is 4.79 Å². The molecular weight excluding hydrogens is 312 g/mol. The summed E-state index contributed by atoms with van der Waals surface area (Å²) in [5.41, 5.74) is 3.28. The minimum absolute atomic E-state index is 0.287. The van der Waals surface area contributed by atoms with Crippen LogP contribution >= 0.6 is 11.3 Å². The predicted octanol–water partition coefficient (Wildman–Crippen LogP) is 7.52. The van der Waals surface area contributed by atoms with Crippen molar-refractivity contribution in [3.05, 3.63) is 46.7 Å². The van der Waals surface area contributed by atoms with Crippen LogP contribution < -0.4 is 0 Å². The maximum atomic E-state index is 12.3. The van der Waals surface area contributed by atoms with Crippen molar-refractivity contribution in [2.45, 2.75) is 71.1 Å². The number of thiophene rings is 1. The first-order valence-corrected chi connectivity index (χ1v) is 10.4. The average Bonchev–Trinajstić information content (AvgIpc) is 3.15. The van der Waals surface area contributed by atoms with Crippen molar-refractivity contribution in [2.24, 2.45) is 0 Å². The minimum Gasteiger partial charge on any atom is -0.294 e. The zero-order valence-electron chi connectivity index (χ0n) is 14.9. The lowest BCUT2D eigenvalue weighted by molar-refractivity contribution is 0.0979. The highest BCUT2D eigenvalue weighted by Gasteiger charge is 2.06. The quantitative estimate of drug-likeness (QED) is 0.288. The molecule has 1 heterocycles. The Hall–Kier alpha value is -1.41. The molecule has 1 aromatic carbocycles. The molecule has 0 aliphatic rings. The number of unbranched alkanes of at least 4 members (excludes halogenated alkanes) is 8. The van der Waals surface area contributed by atoms with Crippen molar-refractivity contribution in [1.82, 2.24) is 0 Å². The van der Waals surface area contributed by atoms with Crippen LogP contribution in [0.15, 0.2) is 41.1 Å². The van der Waals surface area contributed by atoms with E-state index in [9.17, 15) is 4.79 Å². The maximum Gasteiger partial charge on any atom is 0.162 e. The van der Waals surface area contributed by atoms with Crippen LogP contribution in [0.4, 0.5) is 0 Å². The SMILES string of the molecule is CCCCCCCCCCCC(=O)c1ccc(-c2ccsc2)cc1. The lowest BCUT2D eigenvalue weighted by atomic mass is 10.0. The number of carbonyl (C=O) groups is 1. The predicted molar refractivity (Wildman–Crippen MR) is 106 cm³/mol. The normalized spacial score (nSPS) is 10.9. The second-order valence-corrected chi connectivity index (χ2v) is 7.37. The smallest absolute Gasteiger partial charge is 0.162 e. The van der Waals surface area contributed by atoms with E-state index in [-0.39, 0.29) is 5.78 Å². The van der Waals surface area contributed by atoms with E-state index in [0.717, 1.165) is 12.0 Å². The van der Waals surface area contributed by atoms with E-state index in [1.807, 2.05) is 12.1 Å². The van der Waals surface area contributed by atoms with E-state index >= 15 is 0 Å². The first-order valence-electron chi connectivity index (χ1n) is 9.47. The topological polar surface area (TPSA) is 17.1 Å². The van der Waals surface area contributed by atoms with Crippen LogP contribution in [0.25, 0.3) is 11.1 Å². The molecule has 0 N–H and O–H groups in total. The Balaban J connectivity index is 1.61. The molecule has 0 fully saturated rings. The highest BCUT2D eigenvalue weighted by molar-refractivity contribution is 7.08. The van der Waals surface area contributed by atoms with Gasteiger partial charge in [-0.2, -0.15) is 11.3 Å². The summed E-state index contributed by atoms with van der Waals surface area (Å²) >= 11 is 1.70. The summed E-state index contributed by atoms with van der Waals surface area (Å²) in [5.74, 6) is 0.287. The third kappa shape index (κ3) is 6.60. The van der Waals surface area contributed by atoms with Crippen LogP contribution in [-0.2, 0) is 0 Å². The van der Waals surface area contributed by atoms with Crippen molar-refractivity contribution >= 4 is 17.1 Å². The van der Waals surface area contributed by atoms with E-state index < -0.39 is 0 Å². The molecule has 0 spiro atoms. The van der Waals surface area contributed by atoms with Crippen LogP contribution in [0.3, 0.4) is 0 Å². The number of ketones is 1. The van der Waals surface area contributed by atoms with Gasteiger partial charge in [-0.15, -0.1) is 0 Å². The summed E-state index contributed by atoms with van der Waals surface area (Å²) < 4.78 is 0. The number of Topliss-reactive ketones (excluding diaryl/α,β-unsaturated/α-hetero) is 1. The van der Waals surface area contributed by atoms with Crippen molar-refractivity contribution in [2.75, 3.05) is 0 Å². The number of hydrogen-bond donors (Lipinski definition) is 0. The fourth-order valence-electron chi connectivity index (χ4n) is 3.02. The van der Waals surface area contributed by atoms with Gasteiger partial charge in [0.1, 0.15) is 0 Å². The summed E-state index contributed by atoms with van der Waals surface area (Å²) in [6.07, 6.45) is 12.3. The fraction of sp³-hybridized carbons (Fsp3) is 0.500. The van der Waals surface area contributed by atoms with E-state index in [1.54, 1.807) is 11.3 Å². The van der Waals surface area contributed by atoms with Gasteiger partial charge in [-0.1, -0.05) is 82.6 Å². The van der Waals surface area contributed by atoms with Crippen molar-refractivity contribution in [1.29, 1.82) is 0 Å². The first-order chi connectivity index (χ1) is 11.8. The number of carbonyl (C=O) groups excluding carboxylic acids is 1. The zero-order valence-corrected chi connectivity index (χ0v) is 15.7. The molecule has 2 heteroatoms. The van der Waals surface area contributed by atoms with Gasteiger partial charge in [-0.05, 0) is 34.4 Å². The molecule has 0 saturated heterocycles. The lowest BCUT2D eigenvalue weighted by Crippen LogP contribution is -1.98. The summed E-state index contributed by atoms with van der Waals surface area (Å²) in [6.45, 7) is 2.26. The summed E-state index contributed by atoms with van der Waals surface area (Å²) in [4.78, 5) is 12.3. The highest BCUT2D eigenvalue weighted by atomic mass is 32.1. The van der Waals surface area contributed by atoms with Gasteiger partial charge < -0.3 is 0 Å². The second kappa shape index (κ2) is 11.2. The third-order valence-electron chi connectivity index (χ3n) is 4.57. The molecule has 0 amide bonds. The molecule has 0 aliphatic heterocycles. The summed E-state index contributed by atoms with van der Waals surface area (Å²) in [6, 6.07) is 10.2. The largest absolute Gasteiger partial charge is 0.294 e. The van der Waals surface area contributed by atoms with Gasteiger partial charge in [-0.25, -0.2) is 0 Å². The van der Waals surface area contributed by atoms with Crippen LogP contribution in [0.2, 0.25) is 0 Å². The molecule has 2 aromatic rings. The first kappa shape index (κ1) is 18.9.